The summed E-state index contributed by atoms with van der Waals surface area (Å²) in [5.41, 5.74) is 4.71. The van der Waals surface area contributed by atoms with Crippen molar-refractivity contribution in [1.29, 1.82) is 0 Å². The van der Waals surface area contributed by atoms with E-state index in [1.54, 1.807) is 5.57 Å². The van der Waals surface area contributed by atoms with Crippen molar-refractivity contribution in [2.24, 2.45) is 5.92 Å². The second kappa shape index (κ2) is 7.87. The van der Waals surface area contributed by atoms with Crippen LogP contribution < -0.4 is 0 Å². The van der Waals surface area contributed by atoms with Crippen LogP contribution in [0.4, 0.5) is 0 Å². The highest BCUT2D eigenvalue weighted by Gasteiger charge is 2.44. The van der Waals surface area contributed by atoms with Crippen LogP contribution in [0.1, 0.15) is 62.5 Å². The number of fused-ring (bicyclic) bond motifs is 3. The van der Waals surface area contributed by atoms with Crippen LogP contribution in [0, 0.1) is 5.92 Å². The van der Waals surface area contributed by atoms with E-state index >= 15 is 0 Å². The van der Waals surface area contributed by atoms with Crippen molar-refractivity contribution in [2.75, 3.05) is 13.1 Å². The number of nitrogens with zero attached hydrogens (tertiary/aromatic N) is 1. The number of hydrogen-bond acceptors (Lipinski definition) is 1. The Morgan fingerprint density at radius 1 is 0.821 bits per heavy atom. The third-order valence-corrected chi connectivity index (χ3v) is 7.69. The van der Waals surface area contributed by atoms with Gasteiger partial charge in [-0.3, -0.25) is 0 Å². The molecule has 2 bridgehead atoms. The van der Waals surface area contributed by atoms with Crippen molar-refractivity contribution in [1.82, 2.24) is 4.90 Å². The van der Waals surface area contributed by atoms with Gasteiger partial charge in [-0.15, -0.1) is 0 Å². The predicted molar refractivity (Wildman–Crippen MR) is 118 cm³/mol. The molecule has 0 saturated carbocycles. The van der Waals surface area contributed by atoms with Gasteiger partial charge < -0.3 is 4.90 Å². The fraction of sp³-hybridized carbons (Fsp3) is 0.481. The van der Waals surface area contributed by atoms with Gasteiger partial charge in [0.25, 0.3) is 0 Å². The zero-order valence-electron chi connectivity index (χ0n) is 17.0. The second-order valence-corrected chi connectivity index (χ2v) is 9.19. The Morgan fingerprint density at radius 2 is 1.46 bits per heavy atom. The smallest absolute Gasteiger partial charge is 0.0426 e. The third-order valence-electron chi connectivity index (χ3n) is 7.69. The third kappa shape index (κ3) is 3.24. The summed E-state index contributed by atoms with van der Waals surface area (Å²) in [6.07, 6.45) is 13.3. The average Bonchev–Trinajstić information content (AvgIpc) is 2.80. The molecule has 0 radical (unpaired) electrons. The molecule has 2 aromatic carbocycles. The van der Waals surface area contributed by atoms with Crippen LogP contribution in [0.15, 0.2) is 72.3 Å². The van der Waals surface area contributed by atoms with E-state index in [9.17, 15) is 0 Å². The molecule has 3 aliphatic heterocycles. The zero-order valence-corrected chi connectivity index (χ0v) is 17.0. The molecule has 4 aliphatic rings. The van der Waals surface area contributed by atoms with E-state index in [1.807, 2.05) is 0 Å². The Bertz CT molecular complexity index is 759. The number of rotatable bonds is 5. The van der Waals surface area contributed by atoms with Gasteiger partial charge in [-0.2, -0.15) is 0 Å². The van der Waals surface area contributed by atoms with Gasteiger partial charge in [-0.1, -0.05) is 72.3 Å². The van der Waals surface area contributed by atoms with Gasteiger partial charge in [-0.25, -0.2) is 0 Å². The van der Waals surface area contributed by atoms with Crippen LogP contribution in [0.5, 0.6) is 0 Å². The molecule has 6 rings (SSSR count). The van der Waals surface area contributed by atoms with Crippen molar-refractivity contribution in [3.63, 3.8) is 0 Å². The minimum absolute atomic E-state index is 0.0328. The van der Waals surface area contributed by atoms with Gasteiger partial charge in [0.15, 0.2) is 0 Å². The first kappa shape index (κ1) is 18.2. The number of hydrogen-bond donors (Lipinski definition) is 0. The van der Waals surface area contributed by atoms with Crippen molar-refractivity contribution in [3.8, 4) is 0 Å². The number of allylic oxidation sites excluding steroid dienone is 2. The predicted octanol–water partition coefficient (Wildman–Crippen LogP) is 6.35. The van der Waals surface area contributed by atoms with E-state index in [0.717, 1.165) is 12.0 Å². The first-order chi connectivity index (χ1) is 13.9. The van der Waals surface area contributed by atoms with Crippen molar-refractivity contribution in [3.05, 3.63) is 83.4 Å². The summed E-state index contributed by atoms with van der Waals surface area (Å²) < 4.78 is 0. The molecule has 146 valence electrons. The lowest BCUT2D eigenvalue weighted by Gasteiger charge is -2.50. The first-order valence-electron chi connectivity index (χ1n) is 11.4. The van der Waals surface area contributed by atoms with Gasteiger partial charge >= 0.3 is 0 Å². The largest absolute Gasteiger partial charge is 0.300 e. The highest BCUT2D eigenvalue weighted by atomic mass is 15.2. The average molecular weight is 372 g/mol. The highest BCUT2D eigenvalue weighted by molar-refractivity contribution is 5.49. The quantitative estimate of drug-likeness (QED) is 0.554. The van der Waals surface area contributed by atoms with Crippen molar-refractivity contribution in [2.45, 2.75) is 62.8 Å². The van der Waals surface area contributed by atoms with Gasteiger partial charge in [0.2, 0.25) is 0 Å². The fourth-order valence-electron chi connectivity index (χ4n) is 6.23. The van der Waals surface area contributed by atoms with Gasteiger partial charge in [0.1, 0.15) is 0 Å². The molecule has 1 unspecified atom stereocenters. The van der Waals surface area contributed by atoms with Gasteiger partial charge in [0.05, 0.1) is 0 Å². The lowest BCUT2D eigenvalue weighted by Crippen LogP contribution is -2.51. The normalized spacial score (nSPS) is 27.4. The Morgan fingerprint density at radius 3 is 1.96 bits per heavy atom. The summed E-state index contributed by atoms with van der Waals surface area (Å²) >= 11 is 0. The van der Waals surface area contributed by atoms with Crippen LogP contribution in [-0.2, 0) is 5.41 Å². The maximum atomic E-state index is 2.81. The van der Waals surface area contributed by atoms with Crippen LogP contribution in [0.2, 0.25) is 0 Å². The van der Waals surface area contributed by atoms with Gasteiger partial charge in [0, 0.05) is 11.5 Å². The molecular weight excluding hydrogens is 338 g/mol. The highest BCUT2D eigenvalue weighted by Crippen LogP contribution is 2.49. The summed E-state index contributed by atoms with van der Waals surface area (Å²) in [4.78, 5) is 2.81. The minimum atomic E-state index is 0.0328. The molecule has 0 aromatic heterocycles. The molecule has 0 N–H and O–H groups in total. The molecule has 1 nitrogen and oxygen atoms in total. The summed E-state index contributed by atoms with van der Waals surface area (Å²) in [6, 6.07) is 23.6. The molecule has 1 aliphatic carbocycles. The maximum absolute atomic E-state index is 2.81. The molecular formula is C27H33N. The Labute approximate surface area is 170 Å². The van der Waals surface area contributed by atoms with Crippen molar-refractivity contribution >= 4 is 0 Å². The topological polar surface area (TPSA) is 3.24 Å². The van der Waals surface area contributed by atoms with E-state index in [0.29, 0.717) is 0 Å². The maximum Gasteiger partial charge on any atom is 0.0426 e. The monoisotopic (exact) mass is 371 g/mol. The van der Waals surface area contributed by atoms with Crippen LogP contribution in [0.3, 0.4) is 0 Å². The number of piperidine rings is 3. The second-order valence-electron chi connectivity index (χ2n) is 9.19. The van der Waals surface area contributed by atoms with E-state index in [1.165, 1.54) is 75.6 Å². The zero-order chi connectivity index (χ0) is 18.8. The summed E-state index contributed by atoms with van der Waals surface area (Å²) in [7, 11) is 0. The van der Waals surface area contributed by atoms with E-state index in [-0.39, 0.29) is 5.41 Å². The fourth-order valence-corrected chi connectivity index (χ4v) is 6.23. The van der Waals surface area contributed by atoms with E-state index in [4.69, 9.17) is 0 Å². The van der Waals surface area contributed by atoms with Crippen LogP contribution in [-0.4, -0.2) is 24.0 Å². The molecule has 0 amide bonds. The van der Waals surface area contributed by atoms with Crippen molar-refractivity contribution < 1.29 is 0 Å². The van der Waals surface area contributed by atoms with Crippen LogP contribution >= 0.6 is 0 Å². The van der Waals surface area contributed by atoms with E-state index < -0.39 is 0 Å². The lowest BCUT2D eigenvalue weighted by molar-refractivity contribution is 0.0376. The standard InChI is InChI=1S/C27H33N/c1-4-10-23(11-5-1)27(24-12-6-2-7-13-24,25-14-8-3-9-15-25)21-26-20-22-16-18-28(26)19-17-22/h1-2,4-7,10-14,22,26H,3,8-9,15-21H2. The van der Waals surface area contributed by atoms with E-state index in [2.05, 4.69) is 71.6 Å². The Kier molecular flexibility index (Phi) is 5.11. The molecule has 3 heterocycles. The molecule has 3 fully saturated rings. The Hall–Kier alpha value is -1.86. The summed E-state index contributed by atoms with van der Waals surface area (Å²) in [5.74, 6) is 0.958. The molecule has 1 heteroatoms. The van der Waals surface area contributed by atoms with Gasteiger partial charge in [-0.05, 0) is 81.5 Å². The molecule has 0 spiro atoms. The molecule has 28 heavy (non-hydrogen) atoms. The Balaban J connectivity index is 1.64. The summed E-state index contributed by atoms with van der Waals surface area (Å²) in [5, 5.41) is 0. The van der Waals surface area contributed by atoms with Crippen LogP contribution in [0.25, 0.3) is 0 Å². The number of benzene rings is 2. The lowest BCUT2D eigenvalue weighted by atomic mass is 9.62. The minimum Gasteiger partial charge on any atom is -0.300 e. The summed E-state index contributed by atoms with van der Waals surface area (Å²) in [6.45, 7) is 2.63. The molecule has 1 atom stereocenters. The molecule has 2 aromatic rings. The first-order valence-corrected chi connectivity index (χ1v) is 11.4. The molecule has 3 saturated heterocycles. The SMILES string of the molecule is C1=C(C(CC2CC3CCN2CC3)(c2ccccc2)c2ccccc2)CCCC1.